The molecule has 0 radical (unpaired) electrons. The van der Waals surface area contributed by atoms with Crippen LogP contribution in [0.15, 0.2) is 54.9 Å². The summed E-state index contributed by atoms with van der Waals surface area (Å²) in [5, 5.41) is 9.13. The van der Waals surface area contributed by atoms with Crippen LogP contribution in [0.25, 0.3) is 0 Å². The molecule has 1 atom stereocenters. The maximum atomic E-state index is 12.1. The molecule has 18 heavy (non-hydrogen) atoms. The molecule has 2 rings (SSSR count). The molecule has 0 N–H and O–H groups in total. The highest BCUT2D eigenvalue weighted by molar-refractivity contribution is 5.90. The summed E-state index contributed by atoms with van der Waals surface area (Å²) in [4.78, 5) is 16.0. The number of aromatic nitrogens is 1. The van der Waals surface area contributed by atoms with Crippen LogP contribution in [0.2, 0.25) is 0 Å². The second kappa shape index (κ2) is 5.74. The van der Waals surface area contributed by atoms with Gasteiger partial charge in [-0.1, -0.05) is 36.4 Å². The van der Waals surface area contributed by atoms with Crippen molar-refractivity contribution in [2.45, 2.75) is 12.3 Å². The number of carbonyl (C=O) groups is 1. The molecule has 3 nitrogen and oxygen atoms in total. The summed E-state index contributed by atoms with van der Waals surface area (Å²) in [5.74, 6) is -0.837. The molecule has 1 aromatic carbocycles. The Morgan fingerprint density at radius 3 is 2.61 bits per heavy atom. The first-order chi connectivity index (χ1) is 8.81. The lowest BCUT2D eigenvalue weighted by Crippen LogP contribution is -2.13. The first kappa shape index (κ1) is 12.0. The van der Waals surface area contributed by atoms with Gasteiger partial charge in [-0.25, -0.2) is 0 Å². The van der Waals surface area contributed by atoms with Crippen LogP contribution in [0, 0.1) is 11.3 Å². The molecule has 3 heteroatoms. The molecule has 0 aliphatic rings. The Hall–Kier alpha value is -2.47. The molecule has 2 aromatic rings. The van der Waals surface area contributed by atoms with Crippen LogP contribution < -0.4 is 0 Å². The van der Waals surface area contributed by atoms with Crippen molar-refractivity contribution in [1.29, 1.82) is 5.26 Å². The quantitative estimate of drug-likeness (QED) is 0.819. The predicted octanol–water partition coefficient (Wildman–Crippen LogP) is 2.50. The van der Waals surface area contributed by atoms with E-state index in [0.29, 0.717) is 5.56 Å². The van der Waals surface area contributed by atoms with Gasteiger partial charge in [-0.2, -0.15) is 5.26 Å². The maximum Gasteiger partial charge on any atom is 0.158 e. The van der Waals surface area contributed by atoms with Gasteiger partial charge in [0.2, 0.25) is 0 Å². The molecular formula is C15H12N2O. The van der Waals surface area contributed by atoms with E-state index < -0.39 is 5.92 Å². The summed E-state index contributed by atoms with van der Waals surface area (Å²) in [5.41, 5.74) is 1.58. The van der Waals surface area contributed by atoms with Crippen LogP contribution in [0.4, 0.5) is 0 Å². The third-order valence-corrected chi connectivity index (χ3v) is 2.69. The lowest BCUT2D eigenvalue weighted by molar-refractivity contribution is -0.118. The van der Waals surface area contributed by atoms with Gasteiger partial charge in [0.05, 0.1) is 6.07 Å². The number of hydrogen-bond acceptors (Lipinski definition) is 3. The van der Waals surface area contributed by atoms with E-state index in [4.69, 9.17) is 5.26 Å². The Bertz CT molecular complexity index is 558. The average molecular weight is 236 g/mol. The monoisotopic (exact) mass is 236 g/mol. The Morgan fingerprint density at radius 2 is 2.00 bits per heavy atom. The highest BCUT2D eigenvalue weighted by Crippen LogP contribution is 2.17. The molecule has 0 aliphatic carbocycles. The van der Waals surface area contributed by atoms with E-state index in [-0.39, 0.29) is 12.2 Å². The van der Waals surface area contributed by atoms with Crippen molar-refractivity contribution >= 4 is 5.78 Å². The number of hydrogen-bond donors (Lipinski definition) is 0. The molecule has 1 aromatic heterocycles. The van der Waals surface area contributed by atoms with Crippen LogP contribution >= 0.6 is 0 Å². The fourth-order valence-corrected chi connectivity index (χ4v) is 1.78. The molecule has 0 fully saturated rings. The van der Waals surface area contributed by atoms with Gasteiger partial charge in [-0.3, -0.25) is 9.78 Å². The Labute approximate surface area is 106 Å². The molecule has 0 amide bonds. The zero-order chi connectivity index (χ0) is 12.8. The number of nitriles is 1. The largest absolute Gasteiger partial charge is 0.297 e. The standard InChI is InChI=1S/C15H12N2O/c16-10-14(13-7-4-8-17-11-13)15(18)9-12-5-2-1-3-6-12/h1-8,11,14H,9H2. The van der Waals surface area contributed by atoms with Crippen LogP contribution in [0.5, 0.6) is 0 Å². The van der Waals surface area contributed by atoms with E-state index in [2.05, 4.69) is 4.98 Å². The van der Waals surface area contributed by atoms with Gasteiger partial charge in [0.25, 0.3) is 0 Å². The van der Waals surface area contributed by atoms with E-state index >= 15 is 0 Å². The summed E-state index contributed by atoms with van der Waals surface area (Å²) in [6, 6.07) is 15.0. The van der Waals surface area contributed by atoms with Crippen LogP contribution in [-0.2, 0) is 11.2 Å². The number of pyridine rings is 1. The number of ketones is 1. The minimum absolute atomic E-state index is 0.100. The van der Waals surface area contributed by atoms with Crippen LogP contribution in [0.3, 0.4) is 0 Å². The smallest absolute Gasteiger partial charge is 0.158 e. The number of Topliss-reactive ketones (excluding diaryl/α,β-unsaturated/α-hetero) is 1. The van der Waals surface area contributed by atoms with E-state index in [9.17, 15) is 4.79 Å². The second-order valence-electron chi connectivity index (χ2n) is 3.98. The Kier molecular flexibility index (Phi) is 3.83. The van der Waals surface area contributed by atoms with Crippen LogP contribution in [-0.4, -0.2) is 10.8 Å². The van der Waals surface area contributed by atoms with Crippen LogP contribution in [0.1, 0.15) is 17.0 Å². The van der Waals surface area contributed by atoms with Crippen molar-refractivity contribution in [3.8, 4) is 6.07 Å². The van der Waals surface area contributed by atoms with Crippen molar-refractivity contribution in [3.05, 3.63) is 66.0 Å². The zero-order valence-corrected chi connectivity index (χ0v) is 9.78. The third kappa shape index (κ3) is 2.80. The highest BCUT2D eigenvalue weighted by Gasteiger charge is 2.20. The molecule has 0 saturated carbocycles. The van der Waals surface area contributed by atoms with Gasteiger partial charge in [0, 0.05) is 18.8 Å². The second-order valence-corrected chi connectivity index (χ2v) is 3.98. The van der Waals surface area contributed by atoms with Gasteiger partial charge in [0.15, 0.2) is 5.78 Å². The molecule has 0 spiro atoms. The fraction of sp³-hybridized carbons (Fsp3) is 0.133. The van der Waals surface area contributed by atoms with Crippen molar-refractivity contribution < 1.29 is 4.79 Å². The van der Waals surface area contributed by atoms with Gasteiger partial charge < -0.3 is 0 Å². The molecule has 0 saturated heterocycles. The number of nitrogens with zero attached hydrogens (tertiary/aromatic N) is 2. The normalized spacial score (nSPS) is 11.5. The number of benzene rings is 1. The van der Waals surface area contributed by atoms with Gasteiger partial charge >= 0.3 is 0 Å². The highest BCUT2D eigenvalue weighted by atomic mass is 16.1. The van der Waals surface area contributed by atoms with E-state index in [0.717, 1.165) is 5.56 Å². The van der Waals surface area contributed by atoms with Crippen molar-refractivity contribution in [2.24, 2.45) is 0 Å². The minimum Gasteiger partial charge on any atom is -0.297 e. The molecule has 1 heterocycles. The summed E-state index contributed by atoms with van der Waals surface area (Å²) in [6.07, 6.45) is 3.46. The lowest BCUT2D eigenvalue weighted by Gasteiger charge is -2.07. The summed E-state index contributed by atoms with van der Waals surface area (Å²) in [6.45, 7) is 0. The van der Waals surface area contributed by atoms with E-state index in [1.54, 1.807) is 24.5 Å². The Balaban J connectivity index is 2.15. The molecule has 0 bridgehead atoms. The minimum atomic E-state index is -0.737. The van der Waals surface area contributed by atoms with Gasteiger partial charge in [0.1, 0.15) is 5.92 Å². The third-order valence-electron chi connectivity index (χ3n) is 2.69. The zero-order valence-electron chi connectivity index (χ0n) is 9.78. The summed E-state index contributed by atoms with van der Waals surface area (Å²) >= 11 is 0. The number of carbonyl (C=O) groups excluding carboxylic acids is 1. The average Bonchev–Trinajstić information content (AvgIpc) is 2.42. The van der Waals surface area contributed by atoms with Crippen molar-refractivity contribution in [2.75, 3.05) is 0 Å². The van der Waals surface area contributed by atoms with Gasteiger partial charge in [-0.05, 0) is 17.2 Å². The summed E-state index contributed by atoms with van der Waals surface area (Å²) < 4.78 is 0. The van der Waals surface area contributed by atoms with E-state index in [1.165, 1.54) is 0 Å². The van der Waals surface area contributed by atoms with E-state index in [1.807, 2.05) is 36.4 Å². The predicted molar refractivity (Wildman–Crippen MR) is 67.7 cm³/mol. The first-order valence-corrected chi connectivity index (χ1v) is 5.67. The molecule has 88 valence electrons. The Morgan fingerprint density at radius 1 is 1.22 bits per heavy atom. The molecule has 1 unspecified atom stereocenters. The fourth-order valence-electron chi connectivity index (χ4n) is 1.78. The van der Waals surface area contributed by atoms with Gasteiger partial charge in [-0.15, -0.1) is 0 Å². The lowest BCUT2D eigenvalue weighted by atomic mass is 9.93. The SMILES string of the molecule is N#CC(C(=O)Cc1ccccc1)c1cccnc1. The summed E-state index contributed by atoms with van der Waals surface area (Å²) in [7, 11) is 0. The van der Waals surface area contributed by atoms with Crippen molar-refractivity contribution in [1.82, 2.24) is 4.98 Å². The maximum absolute atomic E-state index is 12.1. The molecular weight excluding hydrogens is 224 g/mol. The molecule has 0 aliphatic heterocycles. The first-order valence-electron chi connectivity index (χ1n) is 5.67. The van der Waals surface area contributed by atoms with Crippen molar-refractivity contribution in [3.63, 3.8) is 0 Å². The number of rotatable bonds is 4. The topological polar surface area (TPSA) is 53.8 Å².